The van der Waals surface area contributed by atoms with Crippen molar-refractivity contribution in [3.8, 4) is 0 Å². The average molecular weight is 367 g/mol. The molecule has 7 heteroatoms. The van der Waals surface area contributed by atoms with E-state index in [-0.39, 0.29) is 5.91 Å². The number of benzene rings is 1. The predicted octanol–water partition coefficient (Wildman–Crippen LogP) is 2.93. The lowest BCUT2D eigenvalue weighted by molar-refractivity contribution is -0.129. The van der Waals surface area contributed by atoms with Crippen molar-refractivity contribution in [2.75, 3.05) is 12.3 Å². The van der Waals surface area contributed by atoms with Gasteiger partial charge in [-0.2, -0.15) is 0 Å². The number of hydrogen-bond acceptors (Lipinski definition) is 4. The minimum atomic E-state index is 0.136. The van der Waals surface area contributed by atoms with Crippen LogP contribution in [0.3, 0.4) is 0 Å². The molecule has 0 saturated heterocycles. The second-order valence-electron chi connectivity index (χ2n) is 6.41. The quantitative estimate of drug-likeness (QED) is 0.556. The standard InChI is InChI=1S/C19H21N5OS/c1-3-9-24-13(2)21-22-19(24)26-12-18(25)23-10-8-17-15(11-23)14-6-4-5-7-16(14)20-17/h3-7,20H,1,8-12H2,2H3. The smallest absolute Gasteiger partial charge is 0.233 e. The zero-order valence-corrected chi connectivity index (χ0v) is 15.6. The van der Waals surface area contributed by atoms with Gasteiger partial charge in [-0.05, 0) is 13.0 Å². The van der Waals surface area contributed by atoms with Crippen molar-refractivity contribution in [3.63, 3.8) is 0 Å². The molecule has 0 bridgehead atoms. The number of aromatic amines is 1. The number of allylic oxidation sites excluding steroid dienone is 1. The lowest BCUT2D eigenvalue weighted by Gasteiger charge is -2.27. The van der Waals surface area contributed by atoms with Crippen LogP contribution >= 0.6 is 11.8 Å². The maximum absolute atomic E-state index is 12.7. The van der Waals surface area contributed by atoms with Crippen LogP contribution in [0.2, 0.25) is 0 Å². The van der Waals surface area contributed by atoms with Crippen LogP contribution in [0.5, 0.6) is 0 Å². The molecule has 0 unspecified atom stereocenters. The third-order valence-corrected chi connectivity index (χ3v) is 5.73. The molecule has 0 spiro atoms. The Hall–Kier alpha value is -2.54. The molecule has 0 fully saturated rings. The third-order valence-electron chi connectivity index (χ3n) is 4.77. The van der Waals surface area contributed by atoms with Crippen LogP contribution in [-0.2, 0) is 24.3 Å². The van der Waals surface area contributed by atoms with Gasteiger partial charge in [-0.3, -0.25) is 4.79 Å². The minimum absolute atomic E-state index is 0.136. The molecular formula is C19H21N5OS. The van der Waals surface area contributed by atoms with E-state index in [0.29, 0.717) is 18.8 Å². The number of H-pyrrole nitrogens is 1. The van der Waals surface area contributed by atoms with Crippen LogP contribution in [0.1, 0.15) is 17.1 Å². The first kappa shape index (κ1) is 16.9. The summed E-state index contributed by atoms with van der Waals surface area (Å²) in [5.74, 6) is 1.34. The minimum Gasteiger partial charge on any atom is -0.358 e. The molecule has 1 N–H and O–H groups in total. The number of carbonyl (C=O) groups is 1. The number of hydrogen-bond donors (Lipinski definition) is 1. The van der Waals surface area contributed by atoms with Crippen molar-refractivity contribution >= 4 is 28.6 Å². The van der Waals surface area contributed by atoms with Gasteiger partial charge in [-0.15, -0.1) is 16.8 Å². The first-order valence-electron chi connectivity index (χ1n) is 8.67. The van der Waals surface area contributed by atoms with E-state index in [4.69, 9.17) is 0 Å². The van der Waals surface area contributed by atoms with Crippen molar-refractivity contribution in [2.45, 2.75) is 31.6 Å². The highest BCUT2D eigenvalue weighted by Crippen LogP contribution is 2.28. The SMILES string of the molecule is C=CCn1c(C)nnc1SCC(=O)N1CCc2[nH]c3ccccc3c2C1. The summed E-state index contributed by atoms with van der Waals surface area (Å²) in [5, 5.41) is 10.3. The van der Waals surface area contributed by atoms with Gasteiger partial charge in [-0.1, -0.05) is 36.0 Å². The number of para-hydroxylation sites is 1. The fourth-order valence-electron chi connectivity index (χ4n) is 3.40. The summed E-state index contributed by atoms with van der Waals surface area (Å²) in [4.78, 5) is 18.2. The van der Waals surface area contributed by atoms with Gasteiger partial charge in [0, 0.05) is 48.2 Å². The van der Waals surface area contributed by atoms with Gasteiger partial charge < -0.3 is 14.5 Å². The van der Waals surface area contributed by atoms with E-state index < -0.39 is 0 Å². The Morgan fingerprint density at radius 3 is 3.08 bits per heavy atom. The summed E-state index contributed by atoms with van der Waals surface area (Å²) in [6, 6.07) is 8.28. The first-order valence-corrected chi connectivity index (χ1v) is 9.65. The number of rotatable bonds is 5. The molecule has 3 aromatic rings. The number of amides is 1. The topological polar surface area (TPSA) is 66.8 Å². The molecule has 1 aliphatic rings. The molecular weight excluding hydrogens is 346 g/mol. The molecule has 3 heterocycles. The second kappa shape index (κ2) is 6.99. The van der Waals surface area contributed by atoms with Crippen LogP contribution in [0, 0.1) is 6.92 Å². The largest absolute Gasteiger partial charge is 0.358 e. The Balaban J connectivity index is 1.46. The van der Waals surface area contributed by atoms with Crippen LogP contribution < -0.4 is 0 Å². The Bertz CT molecular complexity index is 974. The van der Waals surface area contributed by atoms with Gasteiger partial charge in [0.2, 0.25) is 5.91 Å². The van der Waals surface area contributed by atoms with Gasteiger partial charge >= 0.3 is 0 Å². The number of aromatic nitrogens is 4. The van der Waals surface area contributed by atoms with Crippen molar-refractivity contribution in [3.05, 3.63) is 54.0 Å². The average Bonchev–Trinajstić information content (AvgIpc) is 3.20. The van der Waals surface area contributed by atoms with E-state index in [2.05, 4.69) is 33.9 Å². The zero-order chi connectivity index (χ0) is 18.1. The number of fused-ring (bicyclic) bond motifs is 3. The van der Waals surface area contributed by atoms with E-state index in [1.54, 1.807) is 0 Å². The first-order chi connectivity index (χ1) is 12.7. The Morgan fingerprint density at radius 1 is 1.38 bits per heavy atom. The molecule has 1 aromatic carbocycles. The molecule has 0 atom stereocenters. The number of aryl methyl sites for hydroxylation is 1. The number of nitrogens with one attached hydrogen (secondary N) is 1. The summed E-state index contributed by atoms with van der Waals surface area (Å²) in [6.45, 7) is 7.73. The molecule has 0 radical (unpaired) electrons. The highest BCUT2D eigenvalue weighted by molar-refractivity contribution is 7.99. The zero-order valence-electron chi connectivity index (χ0n) is 14.7. The molecule has 26 heavy (non-hydrogen) atoms. The van der Waals surface area contributed by atoms with Gasteiger partial charge in [0.05, 0.1) is 5.75 Å². The lowest BCUT2D eigenvalue weighted by atomic mass is 10.0. The van der Waals surface area contributed by atoms with Gasteiger partial charge in [-0.25, -0.2) is 0 Å². The van der Waals surface area contributed by atoms with Crippen molar-refractivity contribution < 1.29 is 4.79 Å². The van der Waals surface area contributed by atoms with E-state index in [0.717, 1.165) is 29.5 Å². The third kappa shape index (κ3) is 3.03. The number of thioether (sulfide) groups is 1. The molecule has 2 aromatic heterocycles. The van der Waals surface area contributed by atoms with Crippen molar-refractivity contribution in [2.24, 2.45) is 0 Å². The Labute approximate surface area is 156 Å². The van der Waals surface area contributed by atoms with Gasteiger partial charge in [0.25, 0.3) is 0 Å². The summed E-state index contributed by atoms with van der Waals surface area (Å²) in [6.07, 6.45) is 2.68. The van der Waals surface area contributed by atoms with E-state index in [1.165, 1.54) is 28.4 Å². The molecule has 0 aliphatic carbocycles. The molecule has 1 aliphatic heterocycles. The van der Waals surface area contributed by atoms with Crippen molar-refractivity contribution in [1.82, 2.24) is 24.6 Å². The van der Waals surface area contributed by atoms with Crippen LogP contribution in [0.15, 0.2) is 42.1 Å². The Kier molecular flexibility index (Phi) is 4.55. The van der Waals surface area contributed by atoms with Gasteiger partial charge in [0.1, 0.15) is 5.82 Å². The maximum atomic E-state index is 12.7. The monoisotopic (exact) mass is 367 g/mol. The van der Waals surface area contributed by atoms with Crippen LogP contribution in [-0.4, -0.2) is 42.9 Å². The fourth-order valence-corrected chi connectivity index (χ4v) is 4.30. The summed E-state index contributed by atoms with van der Waals surface area (Å²) < 4.78 is 1.97. The molecule has 4 rings (SSSR count). The highest BCUT2D eigenvalue weighted by atomic mass is 32.2. The van der Waals surface area contributed by atoms with Crippen LogP contribution in [0.4, 0.5) is 0 Å². The lowest BCUT2D eigenvalue weighted by Crippen LogP contribution is -2.36. The second-order valence-corrected chi connectivity index (χ2v) is 7.35. The van der Waals surface area contributed by atoms with E-state index in [1.807, 2.05) is 34.6 Å². The molecule has 1 amide bonds. The summed E-state index contributed by atoms with van der Waals surface area (Å²) in [7, 11) is 0. The Morgan fingerprint density at radius 2 is 2.23 bits per heavy atom. The molecule has 134 valence electrons. The maximum Gasteiger partial charge on any atom is 0.233 e. The summed E-state index contributed by atoms with van der Waals surface area (Å²) >= 11 is 1.44. The molecule has 6 nitrogen and oxygen atoms in total. The predicted molar refractivity (Wildman–Crippen MR) is 103 cm³/mol. The number of carbonyl (C=O) groups excluding carboxylic acids is 1. The highest BCUT2D eigenvalue weighted by Gasteiger charge is 2.24. The fraction of sp³-hybridized carbons (Fsp3) is 0.316. The molecule has 0 saturated carbocycles. The van der Waals surface area contributed by atoms with E-state index >= 15 is 0 Å². The normalized spacial score (nSPS) is 13.8. The van der Waals surface area contributed by atoms with Crippen molar-refractivity contribution in [1.29, 1.82) is 0 Å². The van der Waals surface area contributed by atoms with Gasteiger partial charge in [0.15, 0.2) is 5.16 Å². The number of nitrogens with zero attached hydrogens (tertiary/aromatic N) is 4. The summed E-state index contributed by atoms with van der Waals surface area (Å²) in [5.41, 5.74) is 3.65. The van der Waals surface area contributed by atoms with Crippen LogP contribution in [0.25, 0.3) is 10.9 Å². The van der Waals surface area contributed by atoms with E-state index in [9.17, 15) is 4.79 Å².